The van der Waals surface area contributed by atoms with Crippen molar-refractivity contribution in [1.82, 2.24) is 9.97 Å². The van der Waals surface area contributed by atoms with Crippen molar-refractivity contribution in [3.63, 3.8) is 0 Å². The maximum atomic E-state index is 13.6. The van der Waals surface area contributed by atoms with Gasteiger partial charge in [-0.3, -0.25) is 0 Å². The summed E-state index contributed by atoms with van der Waals surface area (Å²) >= 11 is 0. The average molecular weight is 363 g/mol. The van der Waals surface area contributed by atoms with E-state index in [0.29, 0.717) is 6.07 Å². The van der Waals surface area contributed by atoms with Crippen LogP contribution in [0.3, 0.4) is 0 Å². The van der Waals surface area contributed by atoms with E-state index in [1.54, 1.807) is 0 Å². The molecule has 0 fully saturated rings. The zero-order chi connectivity index (χ0) is 18.4. The smallest absolute Gasteiger partial charge is 0.324 e. The predicted octanol–water partition coefficient (Wildman–Crippen LogP) is 5.48. The molecule has 3 rings (SSSR count). The van der Waals surface area contributed by atoms with Crippen molar-refractivity contribution in [1.29, 1.82) is 0 Å². The lowest BCUT2D eigenvalue weighted by molar-refractivity contribution is -0.142. The first-order chi connectivity index (χ1) is 11.6. The van der Waals surface area contributed by atoms with E-state index in [1.807, 2.05) is 0 Å². The number of hydrogen-bond acceptors (Lipinski definition) is 2. The van der Waals surface area contributed by atoms with Crippen molar-refractivity contribution in [3.8, 4) is 0 Å². The van der Waals surface area contributed by atoms with Gasteiger partial charge in [-0.1, -0.05) is 12.1 Å². The minimum atomic E-state index is -5.04. The Morgan fingerprint density at radius 1 is 0.920 bits per heavy atom. The van der Waals surface area contributed by atoms with E-state index in [-0.39, 0.29) is 17.7 Å². The van der Waals surface area contributed by atoms with Crippen molar-refractivity contribution in [2.75, 3.05) is 5.32 Å². The minimum Gasteiger partial charge on any atom is -0.324 e. The Labute approximate surface area is 135 Å². The second kappa shape index (κ2) is 5.64. The van der Waals surface area contributed by atoms with Crippen LogP contribution in [0.1, 0.15) is 11.1 Å². The molecule has 1 aromatic heterocycles. The van der Waals surface area contributed by atoms with Crippen LogP contribution in [-0.4, -0.2) is 9.97 Å². The summed E-state index contributed by atoms with van der Waals surface area (Å²) in [6.45, 7) is 0. The summed E-state index contributed by atoms with van der Waals surface area (Å²) in [4.78, 5) is 5.93. The van der Waals surface area contributed by atoms with Crippen LogP contribution < -0.4 is 5.32 Å². The molecular formula is C15H8F7N3. The molecule has 3 nitrogen and oxygen atoms in total. The molecule has 10 heteroatoms. The highest BCUT2D eigenvalue weighted by Gasteiger charge is 2.39. The number of aromatic nitrogens is 2. The minimum absolute atomic E-state index is 0.00391. The number of alkyl halides is 6. The fourth-order valence-electron chi connectivity index (χ4n) is 2.25. The molecule has 0 spiro atoms. The molecule has 2 N–H and O–H groups in total. The van der Waals surface area contributed by atoms with E-state index in [1.165, 1.54) is 18.2 Å². The first-order valence-corrected chi connectivity index (χ1v) is 6.75. The highest BCUT2D eigenvalue weighted by Crippen LogP contribution is 2.39. The summed E-state index contributed by atoms with van der Waals surface area (Å²) < 4.78 is 91.3. The van der Waals surface area contributed by atoms with E-state index in [9.17, 15) is 30.7 Å². The van der Waals surface area contributed by atoms with Gasteiger partial charge in [0.25, 0.3) is 0 Å². The topological polar surface area (TPSA) is 40.7 Å². The van der Waals surface area contributed by atoms with E-state index in [2.05, 4.69) is 15.3 Å². The number of nitrogens with one attached hydrogen (secondary N) is 2. The number of anilines is 2. The Kier molecular flexibility index (Phi) is 3.85. The molecule has 0 saturated carbocycles. The van der Waals surface area contributed by atoms with Gasteiger partial charge in [0, 0.05) is 0 Å². The summed E-state index contributed by atoms with van der Waals surface area (Å²) in [6, 6.07) is 5.79. The molecule has 132 valence electrons. The van der Waals surface area contributed by atoms with E-state index in [4.69, 9.17) is 0 Å². The van der Waals surface area contributed by atoms with Crippen LogP contribution in [-0.2, 0) is 12.4 Å². The Bertz CT molecular complexity index is 925. The molecule has 0 unspecified atom stereocenters. The van der Waals surface area contributed by atoms with Crippen LogP contribution in [0.5, 0.6) is 0 Å². The number of halogens is 7. The summed E-state index contributed by atoms with van der Waals surface area (Å²) in [7, 11) is 0. The number of aromatic amines is 1. The molecule has 0 saturated heterocycles. The van der Waals surface area contributed by atoms with Gasteiger partial charge < -0.3 is 10.3 Å². The fraction of sp³-hybridized carbons (Fsp3) is 0.133. The van der Waals surface area contributed by atoms with Crippen molar-refractivity contribution in [2.24, 2.45) is 0 Å². The Morgan fingerprint density at radius 3 is 2.20 bits per heavy atom. The predicted molar refractivity (Wildman–Crippen MR) is 75.8 cm³/mol. The lowest BCUT2D eigenvalue weighted by Gasteiger charge is -2.11. The number of rotatable bonds is 2. The Hall–Kier alpha value is -2.78. The number of nitrogens with zero attached hydrogens (tertiary/aromatic N) is 1. The van der Waals surface area contributed by atoms with Gasteiger partial charge >= 0.3 is 12.4 Å². The lowest BCUT2D eigenvalue weighted by atomic mass is 10.1. The molecule has 0 atom stereocenters. The highest BCUT2D eigenvalue weighted by atomic mass is 19.4. The van der Waals surface area contributed by atoms with Gasteiger partial charge in [0.2, 0.25) is 5.95 Å². The number of benzene rings is 2. The average Bonchev–Trinajstić information content (AvgIpc) is 2.88. The Morgan fingerprint density at radius 2 is 1.60 bits per heavy atom. The zero-order valence-electron chi connectivity index (χ0n) is 12.1. The highest BCUT2D eigenvalue weighted by molar-refractivity contribution is 5.83. The second-order valence-electron chi connectivity index (χ2n) is 5.11. The third-order valence-corrected chi connectivity index (χ3v) is 3.35. The van der Waals surface area contributed by atoms with Crippen LogP contribution in [0.2, 0.25) is 0 Å². The molecule has 25 heavy (non-hydrogen) atoms. The van der Waals surface area contributed by atoms with Gasteiger partial charge in [-0.05, 0) is 24.3 Å². The summed E-state index contributed by atoms with van der Waals surface area (Å²) in [5.74, 6) is -1.01. The lowest BCUT2D eigenvalue weighted by Crippen LogP contribution is -2.11. The quantitative estimate of drug-likeness (QED) is 0.592. The normalized spacial score (nSPS) is 12.6. The van der Waals surface area contributed by atoms with Crippen molar-refractivity contribution in [2.45, 2.75) is 12.4 Å². The third kappa shape index (κ3) is 3.37. The van der Waals surface area contributed by atoms with Crippen molar-refractivity contribution in [3.05, 3.63) is 53.3 Å². The van der Waals surface area contributed by atoms with Crippen LogP contribution >= 0.6 is 0 Å². The number of para-hydroxylation sites is 1. The first-order valence-electron chi connectivity index (χ1n) is 6.75. The van der Waals surface area contributed by atoms with Gasteiger partial charge in [0.05, 0.1) is 22.3 Å². The zero-order valence-corrected chi connectivity index (χ0v) is 12.1. The van der Waals surface area contributed by atoms with Gasteiger partial charge in [0.1, 0.15) is 11.3 Å². The monoisotopic (exact) mass is 363 g/mol. The van der Waals surface area contributed by atoms with Crippen LogP contribution in [0, 0.1) is 5.82 Å². The summed E-state index contributed by atoms with van der Waals surface area (Å²) in [5.41, 5.74) is -4.25. The molecule has 0 aliphatic rings. The summed E-state index contributed by atoms with van der Waals surface area (Å²) in [5, 5.41) is 2.41. The SMILES string of the molecule is Fc1ccccc1Nc1nc2c(C(F)(F)F)cc(C(F)(F)F)cc2[nH]1. The first kappa shape index (κ1) is 17.1. The Balaban J connectivity index is 2.14. The molecule has 0 radical (unpaired) electrons. The second-order valence-corrected chi connectivity index (χ2v) is 5.11. The van der Waals surface area contributed by atoms with E-state index < -0.39 is 40.3 Å². The molecular weight excluding hydrogens is 355 g/mol. The van der Waals surface area contributed by atoms with Crippen LogP contribution in [0.4, 0.5) is 42.4 Å². The standard InChI is InChI=1S/C15H8F7N3/c16-9-3-1-2-4-10(9)23-13-24-11-6-7(14(17,18)19)5-8(12(11)25-13)15(20,21)22/h1-6H,(H2,23,24,25). The van der Waals surface area contributed by atoms with Gasteiger partial charge in [-0.15, -0.1) is 0 Å². The van der Waals surface area contributed by atoms with E-state index >= 15 is 0 Å². The van der Waals surface area contributed by atoms with Crippen molar-refractivity contribution >= 4 is 22.7 Å². The van der Waals surface area contributed by atoms with Gasteiger partial charge in [-0.25, -0.2) is 9.37 Å². The van der Waals surface area contributed by atoms with Crippen molar-refractivity contribution < 1.29 is 30.7 Å². The molecule has 0 amide bonds. The maximum absolute atomic E-state index is 13.6. The van der Waals surface area contributed by atoms with Crippen LogP contribution in [0.15, 0.2) is 36.4 Å². The molecule has 3 aromatic rings. The van der Waals surface area contributed by atoms with E-state index in [0.717, 1.165) is 6.07 Å². The number of hydrogen-bond donors (Lipinski definition) is 2. The molecule has 0 bridgehead atoms. The van der Waals surface area contributed by atoms with Gasteiger partial charge in [0.15, 0.2) is 0 Å². The molecule has 0 aliphatic heterocycles. The third-order valence-electron chi connectivity index (χ3n) is 3.35. The number of H-pyrrole nitrogens is 1. The molecule has 0 aliphatic carbocycles. The largest absolute Gasteiger partial charge is 0.418 e. The van der Waals surface area contributed by atoms with Crippen LogP contribution in [0.25, 0.3) is 11.0 Å². The van der Waals surface area contributed by atoms with Gasteiger partial charge in [-0.2, -0.15) is 26.3 Å². The number of fused-ring (bicyclic) bond motifs is 1. The number of imidazole rings is 1. The summed E-state index contributed by atoms with van der Waals surface area (Å²) in [6.07, 6.45) is -10.00. The fourth-order valence-corrected chi connectivity index (χ4v) is 2.25. The molecule has 2 aromatic carbocycles. The maximum Gasteiger partial charge on any atom is 0.418 e. The molecule has 1 heterocycles.